The Balaban J connectivity index is 0.00000161. The minimum absolute atomic E-state index is 0. The number of benzene rings is 2. The molecule has 6 heteroatoms. The van der Waals surface area contributed by atoms with Gasteiger partial charge < -0.3 is 34.6 Å². The van der Waals surface area contributed by atoms with Gasteiger partial charge in [0.1, 0.15) is 0 Å². The molecule has 3 nitrogen and oxygen atoms in total. The minimum atomic E-state index is 0. The molecule has 0 aliphatic rings. The topological polar surface area (TPSA) is 19.4 Å². The van der Waals surface area contributed by atoms with E-state index >= 15 is 0 Å². The van der Waals surface area contributed by atoms with Crippen LogP contribution in [0.5, 0.6) is 0 Å². The van der Waals surface area contributed by atoms with Crippen molar-refractivity contribution in [3.8, 4) is 0 Å². The summed E-state index contributed by atoms with van der Waals surface area (Å²) in [5.74, 6) is 0. The van der Waals surface area contributed by atoms with Crippen LogP contribution in [0.2, 0.25) is 0 Å². The van der Waals surface area contributed by atoms with Crippen molar-refractivity contribution in [2.45, 2.75) is 0 Å². The summed E-state index contributed by atoms with van der Waals surface area (Å²) >= 11 is 0. The number of halogens is 2. The Hall–Kier alpha value is -1.09. The number of anilines is 2. The monoisotopic (exact) mass is 399 g/mol. The van der Waals surface area contributed by atoms with Crippen molar-refractivity contribution in [1.82, 2.24) is 4.98 Å². The second-order valence-corrected chi connectivity index (χ2v) is 5.53. The fraction of sp³-hybridized carbons (Fsp3) is 0.235. The zero-order chi connectivity index (χ0) is 14.3. The minimum Gasteiger partial charge on any atom is -1.00 e. The van der Waals surface area contributed by atoms with Crippen LogP contribution in [0.1, 0.15) is 0 Å². The summed E-state index contributed by atoms with van der Waals surface area (Å²) in [4.78, 5) is 9.01. The summed E-state index contributed by atoms with van der Waals surface area (Å²) in [6, 6.07) is 15.0. The van der Waals surface area contributed by atoms with Gasteiger partial charge in [0.05, 0.1) is 11.0 Å². The van der Waals surface area contributed by atoms with Gasteiger partial charge in [-0.1, -0.05) is 12.1 Å². The molecule has 0 aliphatic heterocycles. The van der Waals surface area contributed by atoms with Gasteiger partial charge in [0.15, 0.2) is 0 Å². The molecule has 3 rings (SSSR count). The molecule has 118 valence electrons. The molecule has 0 fully saturated rings. The van der Waals surface area contributed by atoms with Crippen molar-refractivity contribution in [3.63, 3.8) is 0 Å². The Morgan fingerprint density at radius 3 is 1.39 bits per heavy atom. The van der Waals surface area contributed by atoms with Gasteiger partial charge in [-0.2, -0.15) is 0 Å². The van der Waals surface area contributed by atoms with Crippen molar-refractivity contribution in [1.29, 1.82) is 0 Å². The summed E-state index contributed by atoms with van der Waals surface area (Å²) in [6.45, 7) is 0. The zero-order valence-corrected chi connectivity index (χ0v) is 18.3. The molecule has 23 heavy (non-hydrogen) atoms. The first-order valence-electron chi connectivity index (χ1n) is 6.74. The second kappa shape index (κ2) is 8.68. The zero-order valence-electron chi connectivity index (χ0n) is 13.8. The fourth-order valence-electron chi connectivity index (χ4n) is 2.36. The van der Waals surface area contributed by atoms with Crippen LogP contribution in [-0.2, 0) is 19.5 Å². The van der Waals surface area contributed by atoms with Crippen molar-refractivity contribution in [3.05, 3.63) is 42.5 Å². The van der Waals surface area contributed by atoms with Crippen molar-refractivity contribution < 1.29 is 44.3 Å². The Bertz CT molecular complexity index is 728. The van der Waals surface area contributed by atoms with E-state index in [0.717, 1.165) is 11.0 Å². The van der Waals surface area contributed by atoms with Crippen LogP contribution in [0.3, 0.4) is 0 Å². The quantitative estimate of drug-likeness (QED) is 0.350. The van der Waals surface area contributed by atoms with Crippen LogP contribution in [0.4, 0.5) is 11.4 Å². The van der Waals surface area contributed by atoms with Gasteiger partial charge in [0.2, 0.25) is 0 Å². The molecule has 2 aromatic carbocycles. The molecule has 0 saturated carbocycles. The van der Waals surface area contributed by atoms with Crippen LogP contribution in [0, 0.1) is 0 Å². The van der Waals surface area contributed by atoms with Crippen LogP contribution in [-0.4, -0.2) is 33.2 Å². The largest absolute Gasteiger partial charge is 2.00 e. The number of pyridine rings is 1. The van der Waals surface area contributed by atoms with E-state index in [0.29, 0.717) is 0 Å². The molecular weight excluding hydrogens is 383 g/mol. The Morgan fingerprint density at radius 2 is 1.04 bits per heavy atom. The molecule has 1 aromatic heterocycles. The second-order valence-electron chi connectivity index (χ2n) is 5.53. The van der Waals surface area contributed by atoms with E-state index in [1.807, 2.05) is 28.2 Å². The van der Waals surface area contributed by atoms with Crippen LogP contribution < -0.4 is 34.6 Å². The molecule has 0 radical (unpaired) electrons. The summed E-state index contributed by atoms with van der Waals surface area (Å²) in [7, 11) is 8.19. The van der Waals surface area contributed by atoms with E-state index in [2.05, 4.69) is 52.3 Å². The predicted molar refractivity (Wildman–Crippen MR) is 87.9 cm³/mol. The van der Waals surface area contributed by atoms with Gasteiger partial charge in [0, 0.05) is 50.3 Å². The van der Waals surface area contributed by atoms with Crippen LogP contribution >= 0.6 is 0 Å². The summed E-state index contributed by atoms with van der Waals surface area (Å²) in [6.07, 6.45) is 0. The smallest absolute Gasteiger partial charge is 1.00 e. The molecule has 0 atom stereocenters. The third-order valence-corrected chi connectivity index (χ3v) is 3.61. The van der Waals surface area contributed by atoms with E-state index in [-0.39, 0.29) is 44.3 Å². The van der Waals surface area contributed by atoms with Gasteiger partial charge in [-0.05, 0) is 30.3 Å². The Morgan fingerprint density at radius 1 is 0.652 bits per heavy atom. The maximum Gasteiger partial charge on any atom is 2.00 e. The molecule has 0 bridgehead atoms. The molecule has 0 unspecified atom stereocenters. The van der Waals surface area contributed by atoms with Crippen LogP contribution in [0.15, 0.2) is 42.5 Å². The summed E-state index contributed by atoms with van der Waals surface area (Å²) in [5, 5.41) is 2.36. The van der Waals surface area contributed by atoms with Gasteiger partial charge >= 0.3 is 19.5 Å². The molecule has 0 N–H and O–H groups in total. The molecule has 0 saturated heterocycles. The number of fused-ring (bicyclic) bond motifs is 2. The SMILES string of the molecule is CN(C)c1ccc2cc3ccc(N(C)C)cc3nc2c1.[Cl-].[Cl-].[Zn+2]. The third kappa shape index (κ3) is 4.47. The number of nitrogens with zero attached hydrogens (tertiary/aromatic N) is 3. The van der Waals surface area contributed by atoms with Crippen molar-refractivity contribution in [2.75, 3.05) is 38.0 Å². The first kappa shape index (κ1) is 21.9. The maximum absolute atomic E-state index is 4.81. The Labute approximate surface area is 162 Å². The van der Waals surface area contributed by atoms with E-state index < -0.39 is 0 Å². The molecule has 3 aromatic rings. The number of hydrogen-bond acceptors (Lipinski definition) is 3. The first-order valence-corrected chi connectivity index (χ1v) is 6.74. The van der Waals surface area contributed by atoms with Crippen molar-refractivity contribution in [2.24, 2.45) is 0 Å². The van der Waals surface area contributed by atoms with E-state index in [1.165, 1.54) is 22.1 Å². The van der Waals surface area contributed by atoms with Gasteiger partial charge in [0.25, 0.3) is 0 Å². The van der Waals surface area contributed by atoms with Crippen molar-refractivity contribution >= 4 is 33.2 Å². The molecular formula is C17H19Cl2N3Zn. The first-order chi connectivity index (χ1) is 9.54. The average molecular weight is 402 g/mol. The Kier molecular flexibility index (Phi) is 8.27. The number of hydrogen-bond donors (Lipinski definition) is 0. The van der Waals surface area contributed by atoms with Gasteiger partial charge in [-0.3, -0.25) is 0 Å². The third-order valence-electron chi connectivity index (χ3n) is 3.61. The summed E-state index contributed by atoms with van der Waals surface area (Å²) in [5.41, 5.74) is 4.43. The van der Waals surface area contributed by atoms with Gasteiger partial charge in [-0.25, -0.2) is 4.98 Å². The number of aromatic nitrogens is 1. The van der Waals surface area contributed by atoms with Crippen LogP contribution in [0.25, 0.3) is 21.8 Å². The molecule has 0 amide bonds. The van der Waals surface area contributed by atoms with Gasteiger partial charge in [-0.15, -0.1) is 0 Å². The summed E-state index contributed by atoms with van der Waals surface area (Å²) < 4.78 is 0. The van der Waals surface area contributed by atoms with E-state index in [4.69, 9.17) is 4.98 Å². The average Bonchev–Trinajstić information content (AvgIpc) is 2.43. The molecule has 0 aliphatic carbocycles. The van der Waals surface area contributed by atoms with E-state index in [9.17, 15) is 0 Å². The normalized spacial score (nSPS) is 9.57. The van der Waals surface area contributed by atoms with E-state index in [1.54, 1.807) is 0 Å². The standard InChI is InChI=1S/C17H19N3.2ClH.Zn/c1-19(2)14-7-5-12-9-13-6-8-15(20(3)4)11-17(13)18-16(12)10-14;;;/h5-11H,1-4H3;2*1H;/q;;;+2/p-2. The predicted octanol–water partition coefficient (Wildman–Crippen LogP) is -2.47. The fourth-order valence-corrected chi connectivity index (χ4v) is 2.36. The molecule has 1 heterocycles. The molecule has 0 spiro atoms. The maximum atomic E-state index is 4.81. The number of rotatable bonds is 2.